The van der Waals surface area contributed by atoms with Crippen molar-refractivity contribution in [1.82, 2.24) is 0 Å². The summed E-state index contributed by atoms with van der Waals surface area (Å²) in [5.74, 6) is 3.13. The van der Waals surface area contributed by atoms with Crippen LogP contribution in [0.3, 0.4) is 0 Å². The SMILES string of the molecule is CC.CC.CC.CC.CCc1cc(Cc2cc(CC)c(C)c(CC)c2)cc(CC)c1C.CO.CO.c1ccc(Cc2ccccc2)cc1.c1ccc(Oc2cccc(Oc3ccccc3)c2)cc1. The van der Waals surface area contributed by atoms with Crippen molar-refractivity contribution in [2.75, 3.05) is 14.2 Å². The molecule has 0 radical (unpaired) electrons. The Morgan fingerprint density at radius 3 is 0.794 bits per heavy atom. The highest BCUT2D eigenvalue weighted by Gasteiger charge is 2.09. The quantitative estimate of drug-likeness (QED) is 0.128. The molecular formula is C64H90O4. The first-order valence-electron chi connectivity index (χ1n) is 25.1. The molecule has 0 aliphatic heterocycles. The molecule has 0 spiro atoms. The predicted molar refractivity (Wildman–Crippen MR) is 300 cm³/mol. The zero-order valence-electron chi connectivity index (χ0n) is 45.1. The van der Waals surface area contributed by atoms with Crippen LogP contribution in [0, 0.1) is 13.8 Å². The van der Waals surface area contributed by atoms with Crippen LogP contribution in [0.2, 0.25) is 0 Å². The lowest BCUT2D eigenvalue weighted by molar-refractivity contribution is 0.399. The summed E-state index contributed by atoms with van der Waals surface area (Å²) in [5.41, 5.74) is 14.7. The van der Waals surface area contributed by atoms with Crippen molar-refractivity contribution in [3.05, 3.63) is 225 Å². The van der Waals surface area contributed by atoms with Gasteiger partial charge in [-0.3, -0.25) is 0 Å². The molecule has 4 nitrogen and oxygen atoms in total. The van der Waals surface area contributed by atoms with E-state index in [1.54, 1.807) is 0 Å². The van der Waals surface area contributed by atoms with Crippen LogP contribution < -0.4 is 9.47 Å². The lowest BCUT2D eigenvalue weighted by Gasteiger charge is -2.15. The molecule has 0 aromatic heterocycles. The van der Waals surface area contributed by atoms with Crippen molar-refractivity contribution in [3.63, 3.8) is 0 Å². The molecule has 7 aromatic rings. The average Bonchev–Trinajstić information content (AvgIpc) is 3.42. The third-order valence-electron chi connectivity index (χ3n) is 10.2. The average molecular weight is 923 g/mol. The number of aliphatic hydroxyl groups excluding tert-OH is 2. The molecule has 68 heavy (non-hydrogen) atoms. The molecule has 0 saturated heterocycles. The van der Waals surface area contributed by atoms with Gasteiger partial charge in [-0.1, -0.05) is 210 Å². The van der Waals surface area contributed by atoms with Gasteiger partial charge in [-0.2, -0.15) is 0 Å². The van der Waals surface area contributed by atoms with Crippen molar-refractivity contribution < 1.29 is 19.7 Å². The summed E-state index contributed by atoms with van der Waals surface area (Å²) in [4.78, 5) is 0. The smallest absolute Gasteiger partial charge is 0.131 e. The summed E-state index contributed by atoms with van der Waals surface area (Å²) in [6.45, 7) is 29.6. The van der Waals surface area contributed by atoms with Crippen LogP contribution in [0.4, 0.5) is 0 Å². The maximum atomic E-state index is 7.00. The van der Waals surface area contributed by atoms with Crippen LogP contribution in [-0.2, 0) is 38.5 Å². The number of para-hydroxylation sites is 2. The molecule has 7 aromatic carbocycles. The van der Waals surface area contributed by atoms with Gasteiger partial charge in [-0.15, -0.1) is 0 Å². The van der Waals surface area contributed by atoms with Gasteiger partial charge in [-0.25, -0.2) is 0 Å². The second-order valence-electron chi connectivity index (χ2n) is 14.1. The third-order valence-corrected chi connectivity index (χ3v) is 10.2. The van der Waals surface area contributed by atoms with Crippen LogP contribution in [-0.4, -0.2) is 24.4 Å². The molecule has 0 atom stereocenters. The maximum absolute atomic E-state index is 7.00. The largest absolute Gasteiger partial charge is 0.457 e. The molecule has 0 amide bonds. The topological polar surface area (TPSA) is 58.9 Å². The van der Waals surface area contributed by atoms with Crippen LogP contribution in [0.25, 0.3) is 0 Å². The van der Waals surface area contributed by atoms with Crippen LogP contribution in [0.5, 0.6) is 23.0 Å². The van der Waals surface area contributed by atoms with Gasteiger partial charge in [0, 0.05) is 20.3 Å². The van der Waals surface area contributed by atoms with Gasteiger partial charge in [-0.05, 0) is 144 Å². The number of ether oxygens (including phenoxy) is 2. The highest BCUT2D eigenvalue weighted by molar-refractivity contribution is 5.44. The van der Waals surface area contributed by atoms with Gasteiger partial charge >= 0.3 is 0 Å². The Morgan fingerprint density at radius 1 is 0.294 bits per heavy atom. The van der Waals surface area contributed by atoms with Crippen molar-refractivity contribution in [2.45, 2.75) is 135 Å². The van der Waals surface area contributed by atoms with Crippen LogP contribution in [0.15, 0.2) is 170 Å². The van der Waals surface area contributed by atoms with E-state index in [4.69, 9.17) is 19.7 Å². The van der Waals surface area contributed by atoms with E-state index in [0.29, 0.717) is 0 Å². The fraction of sp³-hybridized carbons (Fsp3) is 0.344. The summed E-state index contributed by atoms with van der Waals surface area (Å²) in [6, 6.07) is 57.7. The number of aryl methyl sites for hydroxylation is 4. The molecule has 4 heteroatoms. The number of aliphatic hydroxyl groups is 2. The first-order chi connectivity index (χ1) is 33.4. The highest BCUT2D eigenvalue weighted by Crippen LogP contribution is 2.28. The Kier molecular flexibility index (Phi) is 40.0. The third kappa shape index (κ3) is 24.7. The zero-order valence-corrected chi connectivity index (χ0v) is 45.1. The van der Waals surface area contributed by atoms with E-state index in [1.165, 1.54) is 55.6 Å². The standard InChI is InChI=1S/C23H32.C18H14O2.C13H12.4C2H6.2CH4O/c1-7-20-12-18(13-21(8-2)16(20)5)11-19-14-22(9-3)17(6)23(10-4)15-19;1-3-8-15(9-4-1)19-17-12-7-13-18(14-17)20-16-10-5-2-6-11-16;1-3-7-12(8-4-1)11-13-9-5-2-6-10-13;6*1-2/h12-15H,7-11H2,1-6H3;1-14H;1-10H,11H2;4*1-2H3;2*2H,1H3. The number of hydrogen-bond donors (Lipinski definition) is 2. The minimum absolute atomic E-state index is 0.754. The van der Waals surface area contributed by atoms with E-state index in [0.717, 1.165) is 75.7 Å². The molecule has 0 bridgehead atoms. The van der Waals surface area contributed by atoms with E-state index in [-0.39, 0.29) is 0 Å². The van der Waals surface area contributed by atoms with Crippen molar-refractivity contribution in [1.29, 1.82) is 0 Å². The molecule has 2 N–H and O–H groups in total. The molecule has 0 saturated carbocycles. The van der Waals surface area contributed by atoms with Gasteiger partial charge in [0.25, 0.3) is 0 Å². The molecular weight excluding hydrogens is 833 g/mol. The summed E-state index contributed by atoms with van der Waals surface area (Å²) in [6.07, 6.45) is 6.59. The lowest BCUT2D eigenvalue weighted by atomic mass is 9.90. The maximum Gasteiger partial charge on any atom is 0.131 e. The predicted octanol–water partition coefficient (Wildman–Crippen LogP) is 18.0. The lowest BCUT2D eigenvalue weighted by Crippen LogP contribution is -2.01. The second kappa shape index (κ2) is 42.4. The van der Waals surface area contributed by atoms with Crippen molar-refractivity contribution in [2.24, 2.45) is 0 Å². The minimum atomic E-state index is 0.754. The van der Waals surface area contributed by atoms with E-state index >= 15 is 0 Å². The molecule has 0 aliphatic rings. The minimum Gasteiger partial charge on any atom is -0.457 e. The molecule has 0 heterocycles. The van der Waals surface area contributed by atoms with Gasteiger partial charge in [0.15, 0.2) is 0 Å². The fourth-order valence-electron chi connectivity index (χ4n) is 7.01. The van der Waals surface area contributed by atoms with Gasteiger partial charge in [0.2, 0.25) is 0 Å². The van der Waals surface area contributed by atoms with Gasteiger partial charge in [0.05, 0.1) is 0 Å². The van der Waals surface area contributed by atoms with Gasteiger partial charge < -0.3 is 19.7 Å². The molecule has 0 aliphatic carbocycles. The van der Waals surface area contributed by atoms with Gasteiger partial charge in [0.1, 0.15) is 23.0 Å². The Bertz CT molecular complexity index is 2000. The van der Waals surface area contributed by atoms with Crippen molar-refractivity contribution in [3.8, 4) is 23.0 Å². The highest BCUT2D eigenvalue weighted by atomic mass is 16.5. The van der Waals surface area contributed by atoms with E-state index in [2.05, 4.69) is 126 Å². The normalized spacial score (nSPS) is 9.09. The second-order valence-corrected chi connectivity index (χ2v) is 14.1. The zero-order chi connectivity index (χ0) is 51.5. The summed E-state index contributed by atoms with van der Waals surface area (Å²) in [5, 5.41) is 14.0. The molecule has 370 valence electrons. The Morgan fingerprint density at radius 2 is 0.529 bits per heavy atom. The summed E-state index contributed by atoms with van der Waals surface area (Å²) < 4.78 is 11.6. The first kappa shape index (κ1) is 64.1. The Labute approximate surface area is 416 Å². The summed E-state index contributed by atoms with van der Waals surface area (Å²) >= 11 is 0. The van der Waals surface area contributed by atoms with Crippen molar-refractivity contribution >= 4 is 0 Å². The molecule has 0 fully saturated rings. The van der Waals surface area contributed by atoms with E-state index in [9.17, 15) is 0 Å². The monoisotopic (exact) mass is 923 g/mol. The van der Waals surface area contributed by atoms with Crippen LogP contribution >= 0.6 is 0 Å². The van der Waals surface area contributed by atoms with E-state index in [1.807, 2.05) is 140 Å². The number of rotatable bonds is 12. The summed E-state index contributed by atoms with van der Waals surface area (Å²) in [7, 11) is 2.00. The van der Waals surface area contributed by atoms with E-state index < -0.39 is 0 Å². The first-order valence-corrected chi connectivity index (χ1v) is 25.1. The number of hydrogen-bond acceptors (Lipinski definition) is 4. The Hall–Kier alpha value is -5.94. The number of benzene rings is 7. The molecule has 7 rings (SSSR count). The molecule has 0 unspecified atom stereocenters. The Balaban J connectivity index is 0. The fourth-order valence-corrected chi connectivity index (χ4v) is 7.01. The van der Waals surface area contributed by atoms with Crippen LogP contribution in [0.1, 0.15) is 139 Å².